The zero-order valence-corrected chi connectivity index (χ0v) is 14.5. The van der Waals surface area contributed by atoms with E-state index in [2.05, 4.69) is 44.0 Å². The second-order valence-corrected chi connectivity index (χ2v) is 6.83. The minimum absolute atomic E-state index is 0. The molecule has 0 radical (unpaired) electrons. The molecule has 1 aliphatic rings. The van der Waals surface area contributed by atoms with Crippen LogP contribution in [0.1, 0.15) is 44.7 Å². The van der Waals surface area contributed by atoms with Crippen molar-refractivity contribution in [3.8, 4) is 0 Å². The lowest BCUT2D eigenvalue weighted by Gasteiger charge is -2.36. The van der Waals surface area contributed by atoms with Gasteiger partial charge in [0, 0.05) is 11.2 Å². The van der Waals surface area contributed by atoms with Crippen LogP contribution in [0.25, 0.3) is 0 Å². The number of hydrogen-bond acceptors (Lipinski definition) is 2. The number of hydrogen-bond donors (Lipinski definition) is 1. The van der Waals surface area contributed by atoms with Crippen LogP contribution < -0.4 is 5.32 Å². The van der Waals surface area contributed by atoms with Gasteiger partial charge >= 0.3 is 0 Å². The summed E-state index contributed by atoms with van der Waals surface area (Å²) in [5, 5.41) is 3.10. The molecule has 1 atom stereocenters. The van der Waals surface area contributed by atoms with Crippen LogP contribution in [0, 0.1) is 13.8 Å². The summed E-state index contributed by atoms with van der Waals surface area (Å²) in [4.78, 5) is 14.9. The van der Waals surface area contributed by atoms with Gasteiger partial charge in [-0.2, -0.15) is 0 Å². The Bertz CT molecular complexity index is 508. The van der Waals surface area contributed by atoms with E-state index in [1.165, 1.54) is 5.56 Å². The highest BCUT2D eigenvalue weighted by Crippen LogP contribution is 2.27. The number of carbonyl (C=O) groups excluding carboxylic acids is 1. The summed E-state index contributed by atoms with van der Waals surface area (Å²) in [7, 11) is 0. The first-order chi connectivity index (χ1) is 9.29. The van der Waals surface area contributed by atoms with Crippen LogP contribution in [0.2, 0.25) is 0 Å². The number of amides is 1. The van der Waals surface area contributed by atoms with E-state index in [1.807, 2.05) is 19.1 Å². The van der Waals surface area contributed by atoms with Gasteiger partial charge in [0.1, 0.15) is 0 Å². The summed E-state index contributed by atoms with van der Waals surface area (Å²) >= 11 is 0. The lowest BCUT2D eigenvalue weighted by atomic mass is 10.0. The number of halogens is 1. The Morgan fingerprint density at radius 3 is 2.52 bits per heavy atom. The van der Waals surface area contributed by atoms with Crippen LogP contribution >= 0.6 is 12.4 Å². The first-order valence-corrected chi connectivity index (χ1v) is 7.44. The van der Waals surface area contributed by atoms with E-state index in [4.69, 9.17) is 0 Å². The molecule has 1 aromatic carbocycles. The fourth-order valence-electron chi connectivity index (χ4n) is 3.01. The average Bonchev–Trinajstić information content (AvgIpc) is 2.81. The molecule has 118 valence electrons. The molecule has 21 heavy (non-hydrogen) atoms. The number of aryl methyl sites for hydroxylation is 2. The van der Waals surface area contributed by atoms with Crippen LogP contribution in [-0.2, 0) is 4.79 Å². The Morgan fingerprint density at radius 1 is 1.29 bits per heavy atom. The Hall–Kier alpha value is -1.06. The number of nitrogens with zero attached hydrogens (tertiary/aromatic N) is 1. The quantitative estimate of drug-likeness (QED) is 0.897. The minimum Gasteiger partial charge on any atom is -0.324 e. The zero-order chi connectivity index (χ0) is 14.9. The van der Waals surface area contributed by atoms with Crippen LogP contribution in [0.15, 0.2) is 18.2 Å². The lowest BCUT2D eigenvalue weighted by Crippen LogP contribution is -2.49. The Labute approximate surface area is 134 Å². The van der Waals surface area contributed by atoms with Gasteiger partial charge in [0.05, 0.1) is 6.04 Å². The SMILES string of the molecule is Cc1ccc(NC(=O)C2CCCN2C(C)(C)C)c(C)c1.Cl. The van der Waals surface area contributed by atoms with Gasteiger partial charge < -0.3 is 5.32 Å². The van der Waals surface area contributed by atoms with E-state index in [-0.39, 0.29) is 29.9 Å². The molecule has 0 aliphatic carbocycles. The van der Waals surface area contributed by atoms with Crippen LogP contribution in [0.3, 0.4) is 0 Å². The summed E-state index contributed by atoms with van der Waals surface area (Å²) < 4.78 is 0. The van der Waals surface area contributed by atoms with Crippen molar-refractivity contribution in [1.82, 2.24) is 4.90 Å². The number of benzene rings is 1. The van der Waals surface area contributed by atoms with Gasteiger partial charge in [-0.25, -0.2) is 0 Å². The lowest BCUT2D eigenvalue weighted by molar-refractivity contribution is -0.121. The highest BCUT2D eigenvalue weighted by molar-refractivity contribution is 5.95. The fourth-order valence-corrected chi connectivity index (χ4v) is 3.01. The number of carbonyl (C=O) groups is 1. The summed E-state index contributed by atoms with van der Waals surface area (Å²) in [5.74, 6) is 0.129. The minimum atomic E-state index is -0.00398. The third-order valence-corrected chi connectivity index (χ3v) is 4.06. The molecule has 0 spiro atoms. The van der Waals surface area contributed by atoms with Crippen molar-refractivity contribution >= 4 is 24.0 Å². The molecule has 0 aromatic heterocycles. The number of nitrogens with one attached hydrogen (secondary N) is 1. The molecule has 3 nitrogen and oxygen atoms in total. The van der Waals surface area contributed by atoms with Crippen molar-refractivity contribution in [2.24, 2.45) is 0 Å². The van der Waals surface area contributed by atoms with Crippen LogP contribution in [-0.4, -0.2) is 28.9 Å². The van der Waals surface area contributed by atoms with Crippen LogP contribution in [0.5, 0.6) is 0 Å². The van der Waals surface area contributed by atoms with Gasteiger partial charge in [0.25, 0.3) is 0 Å². The maximum absolute atomic E-state index is 12.6. The third kappa shape index (κ3) is 4.21. The molecule has 1 saturated heterocycles. The number of likely N-dealkylation sites (tertiary alicyclic amines) is 1. The van der Waals surface area contributed by atoms with E-state index >= 15 is 0 Å². The molecule has 1 aromatic rings. The van der Waals surface area contributed by atoms with Crippen molar-refractivity contribution < 1.29 is 4.79 Å². The van der Waals surface area contributed by atoms with Gasteiger partial charge in [0.15, 0.2) is 0 Å². The maximum Gasteiger partial charge on any atom is 0.241 e. The predicted molar refractivity (Wildman–Crippen MR) is 91.3 cm³/mol. The van der Waals surface area contributed by atoms with Crippen molar-refractivity contribution in [3.05, 3.63) is 29.3 Å². The van der Waals surface area contributed by atoms with Crippen molar-refractivity contribution in [1.29, 1.82) is 0 Å². The molecule has 1 fully saturated rings. The molecule has 0 saturated carbocycles. The molecule has 4 heteroatoms. The second-order valence-electron chi connectivity index (χ2n) is 6.83. The van der Waals surface area contributed by atoms with E-state index in [1.54, 1.807) is 0 Å². The Balaban J connectivity index is 0.00000220. The normalized spacial score (nSPS) is 19.2. The average molecular weight is 311 g/mol. The highest BCUT2D eigenvalue weighted by atomic mass is 35.5. The number of rotatable bonds is 2. The van der Waals surface area contributed by atoms with Gasteiger partial charge in [-0.15, -0.1) is 12.4 Å². The van der Waals surface area contributed by atoms with E-state index in [0.717, 1.165) is 30.6 Å². The van der Waals surface area contributed by atoms with E-state index in [9.17, 15) is 4.79 Å². The monoisotopic (exact) mass is 310 g/mol. The topological polar surface area (TPSA) is 32.3 Å². The molecular formula is C17H27ClN2O. The van der Waals surface area contributed by atoms with E-state index in [0.29, 0.717) is 0 Å². The molecule has 1 heterocycles. The first kappa shape index (κ1) is 18.0. The molecule has 2 rings (SSSR count). The summed E-state index contributed by atoms with van der Waals surface area (Å²) in [6.45, 7) is 11.6. The Morgan fingerprint density at radius 2 is 1.95 bits per heavy atom. The predicted octanol–water partition coefficient (Wildman–Crippen LogP) is 3.93. The molecule has 1 N–H and O–H groups in total. The van der Waals surface area contributed by atoms with Gasteiger partial charge in [0.2, 0.25) is 5.91 Å². The summed E-state index contributed by atoms with van der Waals surface area (Å²) in [6.07, 6.45) is 2.05. The van der Waals surface area contributed by atoms with Gasteiger partial charge in [-0.05, 0) is 65.6 Å². The molecule has 0 bridgehead atoms. The van der Waals surface area contributed by atoms with Crippen molar-refractivity contribution in [2.45, 2.75) is 59.0 Å². The molecule has 1 unspecified atom stereocenters. The molecule has 1 amide bonds. The van der Waals surface area contributed by atoms with Crippen LogP contribution in [0.4, 0.5) is 5.69 Å². The smallest absolute Gasteiger partial charge is 0.241 e. The Kier molecular flexibility index (Phi) is 5.83. The number of anilines is 1. The van der Waals surface area contributed by atoms with Crippen molar-refractivity contribution in [2.75, 3.05) is 11.9 Å². The highest BCUT2D eigenvalue weighted by Gasteiger charge is 2.37. The molecular weight excluding hydrogens is 284 g/mol. The standard InChI is InChI=1S/C17H26N2O.ClH/c1-12-8-9-14(13(2)11-12)18-16(20)15-7-6-10-19(15)17(3,4)5;/h8-9,11,15H,6-7,10H2,1-5H3,(H,18,20);1H. The maximum atomic E-state index is 12.6. The summed E-state index contributed by atoms with van der Waals surface area (Å²) in [6, 6.07) is 6.14. The van der Waals surface area contributed by atoms with Gasteiger partial charge in [-0.3, -0.25) is 9.69 Å². The third-order valence-electron chi connectivity index (χ3n) is 4.06. The molecule has 1 aliphatic heterocycles. The van der Waals surface area contributed by atoms with E-state index < -0.39 is 0 Å². The zero-order valence-electron chi connectivity index (χ0n) is 13.7. The van der Waals surface area contributed by atoms with Gasteiger partial charge in [-0.1, -0.05) is 17.7 Å². The fraction of sp³-hybridized carbons (Fsp3) is 0.588. The largest absolute Gasteiger partial charge is 0.324 e. The second kappa shape index (κ2) is 6.80. The van der Waals surface area contributed by atoms with Crippen molar-refractivity contribution in [3.63, 3.8) is 0 Å². The summed E-state index contributed by atoms with van der Waals surface area (Å²) in [5.41, 5.74) is 3.32. The first-order valence-electron chi connectivity index (χ1n) is 7.44.